The molecule has 8 atom stereocenters. The minimum Gasteiger partial charge on any atom is -0.404 e. The number of rotatable bonds is 20. The lowest BCUT2D eigenvalue weighted by Crippen LogP contribution is -2.64. The van der Waals surface area contributed by atoms with Gasteiger partial charge in [0.2, 0.25) is 17.7 Å². The predicted octanol–water partition coefficient (Wildman–Crippen LogP) is 1.86. The Kier molecular flexibility index (Phi) is 16.6. The first-order valence-electron chi connectivity index (χ1n) is 20.2. The second-order valence-electron chi connectivity index (χ2n) is 15.6. The van der Waals surface area contributed by atoms with Crippen LogP contribution in [-0.4, -0.2) is 108 Å². The highest BCUT2D eigenvalue weighted by atomic mass is 31.2. The first-order valence-corrected chi connectivity index (χ1v) is 21.7. The molecule has 0 spiro atoms. The summed E-state index contributed by atoms with van der Waals surface area (Å²) in [5.74, 6) is -5.82. The summed E-state index contributed by atoms with van der Waals surface area (Å²) in [5.41, 5.74) is 2.13. The van der Waals surface area contributed by atoms with Gasteiger partial charge < -0.3 is 40.1 Å². The summed E-state index contributed by atoms with van der Waals surface area (Å²) >= 11 is 0. The number of aliphatic hydroxyl groups is 3. The van der Waals surface area contributed by atoms with E-state index in [0.29, 0.717) is 16.7 Å². The van der Waals surface area contributed by atoms with Crippen molar-refractivity contribution in [2.75, 3.05) is 6.54 Å². The summed E-state index contributed by atoms with van der Waals surface area (Å²) in [6, 6.07) is 20.3. The molecule has 1 fully saturated rings. The standard InChI is InChI=1S/C44H52N3O14P/c1-3-37-40(52)41(53)39(44(56)60-37)46-43(55)31(19-29-14-16-33(17-15-29)61-62(57,58)59)22-36(50)34(20-28-12-8-5-9-13-28)45-42(54)30(18-27-10-6-4-7-11-27)21-32(48)25-47-24-26(2)35(49)23-38(47)51/h4-17,24,30-31,34,37,39-41,44,52-53,56H,3,18-23,25H2,1-2H3,(H,45,54)(H,46,55)(H2,57,58,59)/t30?,31-,34+,37+,39?,40+,41+,44+/m0/s1. The van der Waals surface area contributed by atoms with Gasteiger partial charge in [0, 0.05) is 36.5 Å². The van der Waals surface area contributed by atoms with Gasteiger partial charge in [0.05, 0.1) is 25.1 Å². The van der Waals surface area contributed by atoms with E-state index in [0.717, 1.165) is 10.5 Å². The summed E-state index contributed by atoms with van der Waals surface area (Å²) in [5, 5.41) is 37.6. The molecule has 3 amide bonds. The van der Waals surface area contributed by atoms with E-state index in [1.807, 2.05) is 0 Å². The molecule has 2 heterocycles. The SMILES string of the molecule is CC[C@H]1O[C@@H](O)C(NC(=O)[C@H](CC(=O)[C@@H](Cc2ccccc2)NC(=O)C(CC(=O)CN2C=C(C)C(=O)CC2=O)Cc2ccccc2)Cc2ccc(OP(=O)(O)O)cc2)[C@@H](O)[C@@H]1O. The number of allylic oxidation sites excluding steroid dienone is 1. The van der Waals surface area contributed by atoms with Crippen molar-refractivity contribution in [1.29, 1.82) is 0 Å². The zero-order chi connectivity index (χ0) is 45.1. The zero-order valence-corrected chi connectivity index (χ0v) is 35.1. The van der Waals surface area contributed by atoms with Crippen molar-refractivity contribution in [1.82, 2.24) is 15.5 Å². The number of nitrogens with zero attached hydrogens (tertiary/aromatic N) is 1. The minimum absolute atomic E-state index is 0.0148. The number of ketones is 3. The summed E-state index contributed by atoms with van der Waals surface area (Å²) in [6.45, 7) is 2.85. The van der Waals surface area contributed by atoms with E-state index < -0.39 is 92.1 Å². The van der Waals surface area contributed by atoms with Gasteiger partial charge in [-0.05, 0) is 61.4 Å². The zero-order valence-electron chi connectivity index (χ0n) is 34.2. The second-order valence-corrected chi connectivity index (χ2v) is 16.8. The van der Waals surface area contributed by atoms with Crippen LogP contribution in [-0.2, 0) is 57.3 Å². The lowest BCUT2D eigenvalue weighted by atomic mass is 9.88. The lowest BCUT2D eigenvalue weighted by molar-refractivity contribution is -0.247. The number of ether oxygens (including phenoxy) is 1. The molecule has 0 aliphatic carbocycles. The molecule has 0 saturated carbocycles. The maximum Gasteiger partial charge on any atom is 0.524 e. The number of nitrogens with one attached hydrogen (secondary N) is 2. The van der Waals surface area contributed by atoms with Crippen LogP contribution in [0.3, 0.4) is 0 Å². The quantitative estimate of drug-likeness (QED) is 0.0632. The maximum absolute atomic E-state index is 14.5. The highest BCUT2D eigenvalue weighted by molar-refractivity contribution is 7.46. The van der Waals surface area contributed by atoms with E-state index in [4.69, 9.17) is 4.74 Å². The van der Waals surface area contributed by atoms with Gasteiger partial charge in [-0.3, -0.25) is 38.6 Å². The third-order valence-corrected chi connectivity index (χ3v) is 11.3. The lowest BCUT2D eigenvalue weighted by Gasteiger charge is -2.41. The normalized spacial score (nSPS) is 21.9. The minimum atomic E-state index is -4.88. The van der Waals surface area contributed by atoms with Crippen molar-refractivity contribution < 1.29 is 67.7 Å². The van der Waals surface area contributed by atoms with Crippen LogP contribution < -0.4 is 15.2 Å². The number of carbonyl (C=O) groups is 6. The van der Waals surface area contributed by atoms with Gasteiger partial charge in [-0.1, -0.05) is 79.7 Å². The van der Waals surface area contributed by atoms with Crippen LogP contribution >= 0.6 is 7.82 Å². The topological polar surface area (TPSA) is 266 Å². The van der Waals surface area contributed by atoms with Crippen LogP contribution in [0.15, 0.2) is 96.7 Å². The molecular weight excluding hydrogens is 825 g/mol. The number of hydrogen-bond acceptors (Lipinski definition) is 12. The van der Waals surface area contributed by atoms with Gasteiger partial charge in [0.15, 0.2) is 23.6 Å². The number of benzene rings is 3. The van der Waals surface area contributed by atoms with Crippen molar-refractivity contribution >= 4 is 42.9 Å². The number of hydrogen-bond donors (Lipinski definition) is 7. The number of carbonyl (C=O) groups excluding carboxylic acids is 6. The third-order valence-electron chi connectivity index (χ3n) is 10.8. The summed E-state index contributed by atoms with van der Waals surface area (Å²) in [4.78, 5) is 101. The van der Waals surface area contributed by atoms with E-state index in [-0.39, 0.29) is 56.6 Å². The first kappa shape index (κ1) is 47.7. The monoisotopic (exact) mass is 877 g/mol. The van der Waals surface area contributed by atoms with E-state index in [2.05, 4.69) is 15.2 Å². The molecule has 0 radical (unpaired) electrons. The predicted molar refractivity (Wildman–Crippen MR) is 221 cm³/mol. The molecule has 0 aromatic heterocycles. The van der Waals surface area contributed by atoms with Gasteiger partial charge in [0.25, 0.3) is 0 Å². The van der Waals surface area contributed by atoms with Crippen LogP contribution in [0.5, 0.6) is 5.75 Å². The van der Waals surface area contributed by atoms with E-state index in [1.54, 1.807) is 74.5 Å². The average molecular weight is 878 g/mol. The molecule has 0 bridgehead atoms. The number of phosphoric acid groups is 1. The Bertz CT molecular complexity index is 2150. The molecule has 18 heteroatoms. The largest absolute Gasteiger partial charge is 0.524 e. The molecule has 1 saturated heterocycles. The van der Waals surface area contributed by atoms with E-state index >= 15 is 0 Å². The Hall–Kier alpha value is -5.39. The fourth-order valence-corrected chi connectivity index (χ4v) is 7.83. The Balaban J connectivity index is 1.42. The van der Waals surface area contributed by atoms with Gasteiger partial charge in [-0.2, -0.15) is 0 Å². The molecule has 2 unspecified atom stereocenters. The molecule has 3 aromatic carbocycles. The van der Waals surface area contributed by atoms with Crippen molar-refractivity contribution in [3.8, 4) is 5.75 Å². The molecule has 2 aliphatic heterocycles. The molecule has 3 aromatic rings. The molecule has 2 aliphatic rings. The van der Waals surface area contributed by atoms with Crippen LogP contribution in [0.2, 0.25) is 0 Å². The molecule has 332 valence electrons. The Labute approximate surface area is 358 Å². The second kappa shape index (κ2) is 21.6. The maximum atomic E-state index is 14.5. The number of amides is 3. The van der Waals surface area contributed by atoms with Crippen molar-refractivity contribution in [3.05, 3.63) is 113 Å². The van der Waals surface area contributed by atoms with Crippen LogP contribution in [0, 0.1) is 11.8 Å². The van der Waals surface area contributed by atoms with Crippen LogP contribution in [0.4, 0.5) is 0 Å². The van der Waals surface area contributed by atoms with Crippen LogP contribution in [0.1, 0.15) is 56.2 Å². The molecule has 62 heavy (non-hydrogen) atoms. The highest BCUT2D eigenvalue weighted by Gasteiger charge is 2.44. The van der Waals surface area contributed by atoms with Gasteiger partial charge in [-0.25, -0.2) is 4.57 Å². The van der Waals surface area contributed by atoms with E-state index in [9.17, 15) is 58.4 Å². The Morgan fingerprint density at radius 1 is 0.806 bits per heavy atom. The summed E-state index contributed by atoms with van der Waals surface area (Å²) in [6.07, 6.45) is -5.43. The van der Waals surface area contributed by atoms with Gasteiger partial charge >= 0.3 is 7.82 Å². The summed E-state index contributed by atoms with van der Waals surface area (Å²) in [7, 11) is -4.88. The average Bonchev–Trinajstić information content (AvgIpc) is 3.22. The smallest absolute Gasteiger partial charge is 0.404 e. The molecule has 5 rings (SSSR count). The van der Waals surface area contributed by atoms with E-state index in [1.165, 1.54) is 30.5 Å². The highest BCUT2D eigenvalue weighted by Crippen LogP contribution is 2.37. The summed E-state index contributed by atoms with van der Waals surface area (Å²) < 4.78 is 21.5. The Morgan fingerprint density at radius 3 is 1.95 bits per heavy atom. The van der Waals surface area contributed by atoms with Gasteiger partial charge in [-0.15, -0.1) is 0 Å². The number of aliphatic hydroxyl groups excluding tert-OH is 3. The Morgan fingerprint density at radius 2 is 1.37 bits per heavy atom. The third kappa shape index (κ3) is 13.6. The van der Waals surface area contributed by atoms with Gasteiger partial charge in [0.1, 0.15) is 24.0 Å². The molecular formula is C44H52N3O14P. The van der Waals surface area contributed by atoms with Crippen molar-refractivity contribution in [3.63, 3.8) is 0 Å². The fourth-order valence-electron chi connectivity index (χ4n) is 7.43. The van der Waals surface area contributed by atoms with Crippen molar-refractivity contribution in [2.24, 2.45) is 11.8 Å². The molecule has 17 nitrogen and oxygen atoms in total. The number of phosphoric ester groups is 1. The van der Waals surface area contributed by atoms with Crippen molar-refractivity contribution in [2.45, 2.75) is 95.5 Å². The first-order chi connectivity index (χ1) is 29.4. The molecule has 7 N–H and O–H groups in total. The number of Topliss-reactive ketones (excluding diaryl/α,β-unsaturated/α-hetero) is 3. The fraction of sp³-hybridized carbons (Fsp3) is 0.409. The van der Waals surface area contributed by atoms with Crippen LogP contribution in [0.25, 0.3) is 0 Å².